The standard InChI is InChI=1S/C15H21N3O/c1-11-9-13(11)15(19)17-12-5-6-14(16-10-12)18-7-3-2-4-8-18/h5-6,10-11,13H,2-4,7-9H2,1H3,(H,17,19)/t11-,13+/m0/s1. The Morgan fingerprint density at radius 3 is 2.63 bits per heavy atom. The van der Waals surface area contributed by atoms with Crippen LogP contribution in [0, 0.1) is 11.8 Å². The molecule has 1 aromatic rings. The molecule has 19 heavy (non-hydrogen) atoms. The summed E-state index contributed by atoms with van der Waals surface area (Å²) in [5.74, 6) is 1.92. The smallest absolute Gasteiger partial charge is 0.227 e. The number of carbonyl (C=O) groups excluding carboxylic acids is 1. The number of nitrogens with one attached hydrogen (secondary N) is 1. The zero-order valence-electron chi connectivity index (χ0n) is 11.4. The lowest BCUT2D eigenvalue weighted by atomic mass is 10.1. The summed E-state index contributed by atoms with van der Waals surface area (Å²) in [5, 5.41) is 2.94. The molecule has 1 N–H and O–H groups in total. The minimum atomic E-state index is 0.139. The number of pyridine rings is 1. The molecule has 1 aliphatic carbocycles. The molecule has 0 unspecified atom stereocenters. The second-order valence-electron chi connectivity index (χ2n) is 5.76. The van der Waals surface area contributed by atoms with E-state index in [4.69, 9.17) is 0 Å². The Morgan fingerprint density at radius 1 is 1.32 bits per heavy atom. The number of carbonyl (C=O) groups is 1. The van der Waals surface area contributed by atoms with E-state index in [1.54, 1.807) is 6.20 Å². The number of piperidine rings is 1. The third kappa shape index (κ3) is 2.88. The lowest BCUT2D eigenvalue weighted by Crippen LogP contribution is -2.30. The lowest BCUT2D eigenvalue weighted by molar-refractivity contribution is -0.117. The van der Waals surface area contributed by atoms with Crippen LogP contribution in [0.15, 0.2) is 18.3 Å². The third-order valence-corrected chi connectivity index (χ3v) is 4.14. The zero-order chi connectivity index (χ0) is 13.2. The van der Waals surface area contributed by atoms with Gasteiger partial charge in [-0.1, -0.05) is 6.92 Å². The van der Waals surface area contributed by atoms with Gasteiger partial charge in [-0.05, 0) is 43.7 Å². The second kappa shape index (κ2) is 5.19. The molecule has 2 fully saturated rings. The van der Waals surface area contributed by atoms with E-state index >= 15 is 0 Å². The lowest BCUT2D eigenvalue weighted by Gasteiger charge is -2.27. The van der Waals surface area contributed by atoms with E-state index in [9.17, 15) is 4.79 Å². The molecule has 3 rings (SSSR count). The molecular weight excluding hydrogens is 238 g/mol. The molecule has 1 amide bonds. The monoisotopic (exact) mass is 259 g/mol. The molecule has 2 heterocycles. The largest absolute Gasteiger partial charge is 0.357 e. The number of rotatable bonds is 3. The van der Waals surface area contributed by atoms with Gasteiger partial charge in [0.1, 0.15) is 5.82 Å². The topological polar surface area (TPSA) is 45.2 Å². The number of hydrogen-bond donors (Lipinski definition) is 1. The summed E-state index contributed by atoms with van der Waals surface area (Å²) in [5.41, 5.74) is 0.810. The Labute approximate surface area is 114 Å². The van der Waals surface area contributed by atoms with Gasteiger partial charge in [0.25, 0.3) is 0 Å². The molecule has 4 nitrogen and oxygen atoms in total. The predicted octanol–water partition coefficient (Wildman–Crippen LogP) is 2.67. The van der Waals surface area contributed by atoms with Gasteiger partial charge in [-0.15, -0.1) is 0 Å². The number of aromatic nitrogens is 1. The molecule has 2 atom stereocenters. The Hall–Kier alpha value is -1.58. The van der Waals surface area contributed by atoms with Gasteiger partial charge in [-0.25, -0.2) is 4.98 Å². The van der Waals surface area contributed by atoms with E-state index in [0.29, 0.717) is 5.92 Å². The fourth-order valence-electron chi connectivity index (χ4n) is 2.69. The van der Waals surface area contributed by atoms with Gasteiger partial charge < -0.3 is 10.2 Å². The summed E-state index contributed by atoms with van der Waals surface area (Å²) in [6, 6.07) is 3.97. The van der Waals surface area contributed by atoms with Crippen LogP contribution in [-0.4, -0.2) is 24.0 Å². The van der Waals surface area contributed by atoms with Crippen LogP contribution >= 0.6 is 0 Å². The van der Waals surface area contributed by atoms with Gasteiger partial charge in [0, 0.05) is 19.0 Å². The van der Waals surface area contributed by atoms with Crippen LogP contribution in [0.5, 0.6) is 0 Å². The molecule has 2 aliphatic rings. The van der Waals surface area contributed by atoms with Gasteiger partial charge in [-0.3, -0.25) is 4.79 Å². The summed E-state index contributed by atoms with van der Waals surface area (Å²) >= 11 is 0. The minimum absolute atomic E-state index is 0.139. The maximum absolute atomic E-state index is 11.8. The molecule has 102 valence electrons. The van der Waals surface area contributed by atoms with Crippen molar-refractivity contribution in [3.05, 3.63) is 18.3 Å². The number of amides is 1. The van der Waals surface area contributed by atoms with Crippen LogP contribution in [0.4, 0.5) is 11.5 Å². The van der Waals surface area contributed by atoms with Crippen molar-refractivity contribution in [1.29, 1.82) is 0 Å². The number of anilines is 2. The van der Waals surface area contributed by atoms with Crippen molar-refractivity contribution >= 4 is 17.4 Å². The third-order valence-electron chi connectivity index (χ3n) is 4.14. The summed E-state index contributed by atoms with van der Waals surface area (Å²) in [6.07, 6.45) is 6.61. The SMILES string of the molecule is C[C@H]1C[C@H]1C(=O)Nc1ccc(N2CCCCC2)nc1. The highest BCUT2D eigenvalue weighted by molar-refractivity contribution is 5.94. The highest BCUT2D eigenvalue weighted by Crippen LogP contribution is 2.38. The van der Waals surface area contributed by atoms with Crippen molar-refractivity contribution in [3.8, 4) is 0 Å². The first-order valence-electron chi connectivity index (χ1n) is 7.26. The van der Waals surface area contributed by atoms with Crippen LogP contribution in [0.1, 0.15) is 32.6 Å². The molecule has 0 radical (unpaired) electrons. The fourth-order valence-corrected chi connectivity index (χ4v) is 2.69. The highest BCUT2D eigenvalue weighted by atomic mass is 16.2. The van der Waals surface area contributed by atoms with Gasteiger partial charge in [0.2, 0.25) is 5.91 Å². The molecule has 1 aliphatic heterocycles. The van der Waals surface area contributed by atoms with Crippen molar-refractivity contribution < 1.29 is 4.79 Å². The number of hydrogen-bond acceptors (Lipinski definition) is 3. The predicted molar refractivity (Wildman–Crippen MR) is 76.2 cm³/mol. The Balaban J connectivity index is 1.60. The van der Waals surface area contributed by atoms with Crippen molar-refractivity contribution in [2.75, 3.05) is 23.3 Å². The van der Waals surface area contributed by atoms with Crippen LogP contribution in [0.2, 0.25) is 0 Å². The Bertz CT molecular complexity index is 451. The van der Waals surface area contributed by atoms with Crippen molar-refractivity contribution in [2.24, 2.45) is 11.8 Å². The van der Waals surface area contributed by atoms with Crippen LogP contribution < -0.4 is 10.2 Å². The molecule has 0 aromatic carbocycles. The fraction of sp³-hybridized carbons (Fsp3) is 0.600. The molecule has 1 saturated carbocycles. The van der Waals surface area contributed by atoms with Crippen molar-refractivity contribution in [3.63, 3.8) is 0 Å². The van der Waals surface area contributed by atoms with E-state index < -0.39 is 0 Å². The molecule has 1 aromatic heterocycles. The van der Waals surface area contributed by atoms with E-state index in [2.05, 4.69) is 22.1 Å². The van der Waals surface area contributed by atoms with Crippen molar-refractivity contribution in [2.45, 2.75) is 32.6 Å². The molecule has 0 spiro atoms. The Kier molecular flexibility index (Phi) is 3.40. The first kappa shape index (κ1) is 12.5. The van der Waals surface area contributed by atoms with Gasteiger partial charge in [-0.2, -0.15) is 0 Å². The van der Waals surface area contributed by atoms with Crippen LogP contribution in [0.3, 0.4) is 0 Å². The van der Waals surface area contributed by atoms with E-state index in [1.807, 2.05) is 12.1 Å². The summed E-state index contributed by atoms with van der Waals surface area (Å²) in [4.78, 5) is 18.6. The zero-order valence-corrected chi connectivity index (χ0v) is 11.4. The first-order chi connectivity index (χ1) is 9.24. The van der Waals surface area contributed by atoms with Gasteiger partial charge in [0.15, 0.2) is 0 Å². The molecule has 1 saturated heterocycles. The van der Waals surface area contributed by atoms with Crippen LogP contribution in [0.25, 0.3) is 0 Å². The molecule has 0 bridgehead atoms. The van der Waals surface area contributed by atoms with Crippen molar-refractivity contribution in [1.82, 2.24) is 4.98 Å². The molecule has 4 heteroatoms. The second-order valence-corrected chi connectivity index (χ2v) is 5.76. The summed E-state index contributed by atoms with van der Waals surface area (Å²) < 4.78 is 0. The average Bonchev–Trinajstić information content (AvgIpc) is 3.18. The quantitative estimate of drug-likeness (QED) is 0.907. The maximum Gasteiger partial charge on any atom is 0.227 e. The Morgan fingerprint density at radius 2 is 2.05 bits per heavy atom. The normalized spacial score (nSPS) is 26.1. The summed E-state index contributed by atoms with van der Waals surface area (Å²) in [6.45, 7) is 4.30. The van der Waals surface area contributed by atoms with Crippen LogP contribution in [-0.2, 0) is 4.79 Å². The van der Waals surface area contributed by atoms with E-state index in [1.165, 1.54) is 19.3 Å². The van der Waals surface area contributed by atoms with Gasteiger partial charge >= 0.3 is 0 Å². The maximum atomic E-state index is 11.8. The average molecular weight is 259 g/mol. The minimum Gasteiger partial charge on any atom is -0.357 e. The van der Waals surface area contributed by atoms with E-state index in [0.717, 1.165) is 31.0 Å². The van der Waals surface area contributed by atoms with Gasteiger partial charge in [0.05, 0.1) is 11.9 Å². The molecular formula is C15H21N3O. The number of nitrogens with zero attached hydrogens (tertiary/aromatic N) is 2. The first-order valence-corrected chi connectivity index (χ1v) is 7.26. The highest BCUT2D eigenvalue weighted by Gasteiger charge is 2.39. The van der Waals surface area contributed by atoms with E-state index in [-0.39, 0.29) is 11.8 Å². The summed E-state index contributed by atoms with van der Waals surface area (Å²) in [7, 11) is 0.